The molecule has 71 heavy (non-hydrogen) atoms. The third-order valence-corrected chi connectivity index (χ3v) is 17.2. The first-order valence-corrected chi connectivity index (χ1v) is 27.8. The minimum Gasteiger partial charge on any atom is -0.338 e. The first-order valence-electron chi connectivity index (χ1n) is 20.4. The van der Waals surface area contributed by atoms with E-state index >= 15 is 0 Å². The van der Waals surface area contributed by atoms with Gasteiger partial charge in [0.25, 0.3) is 40.5 Å². The van der Waals surface area contributed by atoms with Crippen LogP contribution >= 0.6 is 22.7 Å². The molecule has 0 spiro atoms. The molecule has 0 aliphatic carbocycles. The van der Waals surface area contributed by atoms with Crippen LogP contribution in [0.1, 0.15) is 50.2 Å². The van der Waals surface area contributed by atoms with Gasteiger partial charge in [0.05, 0.1) is 41.6 Å². The second kappa shape index (κ2) is 17.9. The first kappa shape index (κ1) is 50.7. The molecule has 22 nitrogen and oxygen atoms in total. The van der Waals surface area contributed by atoms with E-state index < -0.39 is 50.3 Å². The van der Waals surface area contributed by atoms with Crippen molar-refractivity contribution in [3.8, 4) is 11.2 Å². The highest BCUT2D eigenvalue weighted by atomic mass is 32.2. The molecular weight excluding hydrogens is 1040 g/mol. The van der Waals surface area contributed by atoms with Crippen molar-refractivity contribution in [1.29, 1.82) is 5.26 Å². The van der Waals surface area contributed by atoms with Gasteiger partial charge in [0.2, 0.25) is 5.13 Å². The van der Waals surface area contributed by atoms with Crippen LogP contribution in [-0.4, -0.2) is 76.6 Å². The van der Waals surface area contributed by atoms with Gasteiger partial charge in [0.1, 0.15) is 32.9 Å². The number of nitrogens with one attached hydrogen (secondary N) is 1. The SMILES string of the molecule is Cc1cc(N(c2nc3ccc(S(=O)(=O)O)cc3s2)c2c(C)cc(C)c(S(=O)(=O)O)c2C)nc(Nc2c(C)cc(C)c(S(=O)(=O)O)c2C)c1N=Nc1c(C#N)c(C)nn1-c1nc2ccc(S(=O)(=O)O)cc2s1. The van der Waals surface area contributed by atoms with Gasteiger partial charge >= 0.3 is 0 Å². The Morgan fingerprint density at radius 2 is 1.18 bits per heavy atom. The number of anilines is 5. The van der Waals surface area contributed by atoms with Crippen molar-refractivity contribution in [1.82, 2.24) is 24.7 Å². The van der Waals surface area contributed by atoms with Crippen molar-refractivity contribution < 1.29 is 51.9 Å². The lowest BCUT2D eigenvalue weighted by molar-refractivity contribution is 0.479. The van der Waals surface area contributed by atoms with Crippen LogP contribution in [0.25, 0.3) is 25.6 Å². The summed E-state index contributed by atoms with van der Waals surface area (Å²) in [5.41, 5.74) is 3.03. The molecular formula is C43H38N10O12S6. The molecule has 368 valence electrons. The summed E-state index contributed by atoms with van der Waals surface area (Å²) in [6.07, 6.45) is 0. The molecule has 28 heteroatoms. The summed E-state index contributed by atoms with van der Waals surface area (Å²) < 4.78 is 142. The molecule has 0 saturated heterocycles. The molecule has 0 fully saturated rings. The van der Waals surface area contributed by atoms with Crippen molar-refractivity contribution in [2.45, 2.75) is 75.0 Å². The first-order chi connectivity index (χ1) is 33.0. The van der Waals surface area contributed by atoms with Gasteiger partial charge in [-0.2, -0.15) is 48.7 Å². The molecule has 8 aromatic rings. The lowest BCUT2D eigenvalue weighted by Gasteiger charge is -2.28. The molecule has 0 aliphatic heterocycles. The van der Waals surface area contributed by atoms with Crippen LogP contribution in [-0.2, 0) is 40.5 Å². The van der Waals surface area contributed by atoms with Crippen molar-refractivity contribution in [3.05, 3.63) is 105 Å². The number of hydrogen-bond donors (Lipinski definition) is 5. The van der Waals surface area contributed by atoms with Gasteiger partial charge < -0.3 is 5.32 Å². The second-order valence-electron chi connectivity index (χ2n) is 16.3. The normalized spacial score (nSPS) is 12.6. The molecule has 0 bridgehead atoms. The Morgan fingerprint density at radius 3 is 1.75 bits per heavy atom. The highest BCUT2D eigenvalue weighted by Crippen LogP contribution is 2.47. The molecule has 4 heterocycles. The summed E-state index contributed by atoms with van der Waals surface area (Å²) >= 11 is 1.93. The van der Waals surface area contributed by atoms with Crippen LogP contribution in [0, 0.1) is 66.7 Å². The van der Waals surface area contributed by atoms with Crippen molar-refractivity contribution in [3.63, 3.8) is 0 Å². The van der Waals surface area contributed by atoms with Crippen molar-refractivity contribution in [2.24, 2.45) is 10.2 Å². The lowest BCUT2D eigenvalue weighted by atomic mass is 10.0. The molecule has 0 unspecified atom stereocenters. The zero-order valence-electron chi connectivity index (χ0n) is 38.2. The topological polar surface area (TPSA) is 338 Å². The third-order valence-electron chi connectivity index (χ3n) is 11.2. The summed E-state index contributed by atoms with van der Waals surface area (Å²) in [6, 6.07) is 14.2. The predicted molar refractivity (Wildman–Crippen MR) is 265 cm³/mol. The molecule has 4 aromatic carbocycles. The molecule has 0 saturated carbocycles. The smallest absolute Gasteiger partial charge is 0.295 e. The highest BCUT2D eigenvalue weighted by molar-refractivity contribution is 7.86. The van der Waals surface area contributed by atoms with E-state index in [4.69, 9.17) is 9.97 Å². The molecule has 0 aliphatic rings. The van der Waals surface area contributed by atoms with Crippen molar-refractivity contribution in [2.75, 3.05) is 10.2 Å². The van der Waals surface area contributed by atoms with Crippen LogP contribution in [0.3, 0.4) is 0 Å². The van der Waals surface area contributed by atoms with E-state index in [-0.39, 0.29) is 98.3 Å². The minimum absolute atomic E-state index is 0.00376. The number of aromatic nitrogens is 5. The average molecular weight is 1080 g/mol. The third kappa shape index (κ3) is 9.51. The van der Waals surface area contributed by atoms with Crippen molar-refractivity contribution >= 4 is 123 Å². The second-order valence-corrected chi connectivity index (χ2v) is 23.8. The lowest BCUT2D eigenvalue weighted by Crippen LogP contribution is -2.17. The summed E-state index contributed by atoms with van der Waals surface area (Å²) in [5.74, 6) is -0.214. The number of rotatable bonds is 12. The maximum atomic E-state index is 13.0. The summed E-state index contributed by atoms with van der Waals surface area (Å²) in [4.78, 5) is 14.2. The van der Waals surface area contributed by atoms with E-state index in [1.54, 1.807) is 27.7 Å². The summed E-state index contributed by atoms with van der Waals surface area (Å²) in [6.45, 7) is 12.5. The van der Waals surface area contributed by atoms with E-state index in [9.17, 15) is 57.1 Å². The maximum Gasteiger partial charge on any atom is 0.295 e. The van der Waals surface area contributed by atoms with Crippen LogP contribution in [0.15, 0.2) is 84.4 Å². The zero-order chi connectivity index (χ0) is 52.0. The Kier molecular flexibility index (Phi) is 12.8. The molecule has 0 amide bonds. The number of nitrogens with zero attached hydrogens (tertiary/aromatic N) is 9. The number of benzene rings is 4. The molecule has 0 atom stereocenters. The fourth-order valence-electron chi connectivity index (χ4n) is 8.32. The Labute approximate surface area is 414 Å². The van der Waals surface area contributed by atoms with Gasteiger partial charge in [-0.05, 0) is 137 Å². The number of aryl methyl sites for hydroxylation is 6. The Morgan fingerprint density at radius 1 is 0.634 bits per heavy atom. The van der Waals surface area contributed by atoms with Gasteiger partial charge in [0.15, 0.2) is 16.8 Å². The average Bonchev–Trinajstić information content (AvgIpc) is 3.95. The number of hydrogen-bond acceptors (Lipinski definition) is 19. The van der Waals surface area contributed by atoms with Gasteiger partial charge in [-0.25, -0.2) is 15.0 Å². The largest absolute Gasteiger partial charge is 0.338 e. The van der Waals surface area contributed by atoms with E-state index in [1.807, 2.05) is 0 Å². The zero-order valence-corrected chi connectivity index (χ0v) is 43.1. The number of thiazole rings is 2. The van der Waals surface area contributed by atoms with E-state index in [1.165, 1.54) is 85.8 Å². The molecule has 8 rings (SSSR count). The van der Waals surface area contributed by atoms with Crippen LogP contribution in [0.2, 0.25) is 0 Å². The summed E-state index contributed by atoms with van der Waals surface area (Å²) in [5, 5.41) is 27.3. The minimum atomic E-state index is -4.85. The standard InChI is InChI=1S/C43H38N10O12S6/c1-19-13-22(4)38(70(60,61)62)24(6)35(19)48-40-36(49-50-41-29(18-44)26(8)51-53(41)43-46-31-12-10-28(69(57,58)59)17-33(31)67-43)20(2)15-34(47-40)52(37-21(3)14-23(5)39(25(37)7)71(63,64)65)42-45-30-11-9-27(68(54,55)56)16-32(30)66-42/h9-17H,1-8H3,(H,47,48)(H,54,55,56)(H,57,58,59)(H,60,61,62)(H,63,64,65). The Hall–Kier alpha value is -6.65. The fourth-order valence-corrected chi connectivity index (χ4v) is 13.4. The van der Waals surface area contributed by atoms with Crippen LogP contribution in [0.4, 0.5) is 39.6 Å². The van der Waals surface area contributed by atoms with E-state index in [2.05, 4.69) is 31.7 Å². The van der Waals surface area contributed by atoms with Gasteiger partial charge in [0, 0.05) is 5.69 Å². The Bertz CT molecular complexity index is 4160. The molecule has 4 aromatic heterocycles. The fraction of sp³-hybridized carbons (Fsp3) is 0.186. The number of azo groups is 1. The molecule has 5 N–H and O–H groups in total. The van der Waals surface area contributed by atoms with E-state index in [0.717, 1.165) is 28.7 Å². The number of pyridine rings is 1. The maximum absolute atomic E-state index is 13.0. The molecule has 0 radical (unpaired) electrons. The summed E-state index contributed by atoms with van der Waals surface area (Å²) in [7, 11) is -18.9. The quantitative estimate of drug-likeness (QED) is 0.0561. The van der Waals surface area contributed by atoms with Gasteiger partial charge in [-0.1, -0.05) is 34.8 Å². The van der Waals surface area contributed by atoms with Gasteiger partial charge in [-0.3, -0.25) is 23.1 Å². The Balaban J connectivity index is 1.41. The van der Waals surface area contributed by atoms with Crippen LogP contribution in [0.5, 0.6) is 0 Å². The van der Waals surface area contributed by atoms with Gasteiger partial charge in [-0.15, -0.1) is 10.2 Å². The highest BCUT2D eigenvalue weighted by Gasteiger charge is 2.30. The number of nitriles is 1. The van der Waals surface area contributed by atoms with Crippen LogP contribution < -0.4 is 10.2 Å². The monoisotopic (exact) mass is 1080 g/mol. The van der Waals surface area contributed by atoms with E-state index in [0.29, 0.717) is 26.9 Å². The number of fused-ring (bicyclic) bond motifs is 2. The predicted octanol–water partition coefficient (Wildman–Crippen LogP) is 9.44.